The summed E-state index contributed by atoms with van der Waals surface area (Å²) in [5.74, 6) is 1.42. The Hall–Kier alpha value is -2.70. The summed E-state index contributed by atoms with van der Waals surface area (Å²) in [6, 6.07) is 3.92. The van der Waals surface area contributed by atoms with Crippen LogP contribution in [-0.2, 0) is 26.1 Å². The van der Waals surface area contributed by atoms with Crippen LogP contribution in [-0.4, -0.2) is 41.5 Å². The van der Waals surface area contributed by atoms with Crippen LogP contribution in [0.3, 0.4) is 0 Å². The SMILES string of the molecule is CCn1nc(C)c(CNC(=O)N2CCc3cc(OC)c(OC)cc3C2)c1C. The van der Waals surface area contributed by atoms with E-state index in [0.717, 1.165) is 41.2 Å². The van der Waals surface area contributed by atoms with E-state index < -0.39 is 0 Å². The molecule has 0 radical (unpaired) electrons. The maximum absolute atomic E-state index is 12.7. The second-order valence-corrected chi connectivity index (χ2v) is 6.77. The zero-order valence-electron chi connectivity index (χ0n) is 16.8. The molecule has 1 aliphatic rings. The van der Waals surface area contributed by atoms with Crippen molar-refractivity contribution in [3.63, 3.8) is 0 Å². The Bertz CT molecular complexity index is 844. The van der Waals surface area contributed by atoms with Crippen LogP contribution in [0.2, 0.25) is 0 Å². The second kappa shape index (κ2) is 7.90. The van der Waals surface area contributed by atoms with Gasteiger partial charge in [0, 0.05) is 37.4 Å². The average Bonchev–Trinajstić information content (AvgIpc) is 2.97. The van der Waals surface area contributed by atoms with Crippen molar-refractivity contribution in [2.75, 3.05) is 20.8 Å². The van der Waals surface area contributed by atoms with Crippen molar-refractivity contribution in [2.45, 2.75) is 46.8 Å². The highest BCUT2D eigenvalue weighted by Gasteiger charge is 2.23. The molecular formula is C20H28N4O3. The molecule has 0 fully saturated rings. The number of carbonyl (C=O) groups is 1. The van der Waals surface area contributed by atoms with Crippen molar-refractivity contribution in [2.24, 2.45) is 0 Å². The minimum Gasteiger partial charge on any atom is -0.493 e. The van der Waals surface area contributed by atoms with Crippen LogP contribution in [0.5, 0.6) is 11.5 Å². The van der Waals surface area contributed by atoms with E-state index in [9.17, 15) is 4.79 Å². The first-order chi connectivity index (χ1) is 13.0. The van der Waals surface area contributed by atoms with Gasteiger partial charge in [-0.25, -0.2) is 4.79 Å². The molecule has 0 saturated heterocycles. The number of amides is 2. The quantitative estimate of drug-likeness (QED) is 0.876. The lowest BCUT2D eigenvalue weighted by Crippen LogP contribution is -2.42. The Morgan fingerprint density at radius 3 is 2.44 bits per heavy atom. The van der Waals surface area contributed by atoms with Gasteiger partial charge in [-0.05, 0) is 50.5 Å². The first kappa shape index (κ1) is 19.1. The minimum atomic E-state index is -0.0570. The van der Waals surface area contributed by atoms with Crippen molar-refractivity contribution in [3.05, 3.63) is 40.2 Å². The number of benzene rings is 1. The molecule has 2 aromatic rings. The van der Waals surface area contributed by atoms with Crippen molar-refractivity contribution in [1.29, 1.82) is 0 Å². The van der Waals surface area contributed by atoms with Gasteiger partial charge in [-0.2, -0.15) is 5.10 Å². The fourth-order valence-corrected chi connectivity index (χ4v) is 3.63. The van der Waals surface area contributed by atoms with Gasteiger partial charge < -0.3 is 19.7 Å². The van der Waals surface area contributed by atoms with E-state index >= 15 is 0 Å². The third kappa shape index (κ3) is 3.72. The van der Waals surface area contributed by atoms with E-state index in [2.05, 4.69) is 17.3 Å². The van der Waals surface area contributed by atoms with E-state index in [1.807, 2.05) is 35.6 Å². The van der Waals surface area contributed by atoms with E-state index in [1.54, 1.807) is 14.2 Å². The first-order valence-corrected chi connectivity index (χ1v) is 9.27. The summed E-state index contributed by atoms with van der Waals surface area (Å²) < 4.78 is 12.7. The van der Waals surface area contributed by atoms with E-state index in [4.69, 9.17) is 9.47 Å². The fourth-order valence-electron chi connectivity index (χ4n) is 3.63. The van der Waals surface area contributed by atoms with Gasteiger partial charge in [0.05, 0.1) is 19.9 Å². The highest BCUT2D eigenvalue weighted by Crippen LogP contribution is 2.33. The molecule has 0 bridgehead atoms. The summed E-state index contributed by atoms with van der Waals surface area (Å²) in [5, 5.41) is 7.56. The number of nitrogens with one attached hydrogen (secondary N) is 1. The van der Waals surface area contributed by atoms with Crippen LogP contribution >= 0.6 is 0 Å². The Morgan fingerprint density at radius 1 is 1.19 bits per heavy atom. The molecule has 0 unspecified atom stereocenters. The number of ether oxygens (including phenoxy) is 2. The number of methoxy groups -OCH3 is 2. The molecule has 3 rings (SSSR count). The van der Waals surface area contributed by atoms with Crippen molar-refractivity contribution >= 4 is 6.03 Å². The summed E-state index contributed by atoms with van der Waals surface area (Å²) in [6.45, 7) is 8.66. The molecule has 7 heteroatoms. The van der Waals surface area contributed by atoms with Gasteiger partial charge in [0.1, 0.15) is 0 Å². The highest BCUT2D eigenvalue weighted by atomic mass is 16.5. The average molecular weight is 372 g/mol. The number of nitrogens with zero attached hydrogens (tertiary/aromatic N) is 3. The largest absolute Gasteiger partial charge is 0.493 e. The number of fused-ring (bicyclic) bond motifs is 1. The zero-order valence-corrected chi connectivity index (χ0v) is 16.8. The lowest BCUT2D eigenvalue weighted by molar-refractivity contribution is 0.191. The Morgan fingerprint density at radius 2 is 1.85 bits per heavy atom. The molecule has 146 valence electrons. The molecule has 27 heavy (non-hydrogen) atoms. The number of urea groups is 1. The molecule has 0 saturated carbocycles. The summed E-state index contributed by atoms with van der Waals surface area (Å²) in [7, 11) is 3.26. The lowest BCUT2D eigenvalue weighted by atomic mass is 9.99. The summed E-state index contributed by atoms with van der Waals surface area (Å²) in [6.07, 6.45) is 0.801. The van der Waals surface area contributed by atoms with Crippen LogP contribution in [0.1, 0.15) is 35.0 Å². The summed E-state index contributed by atoms with van der Waals surface area (Å²) >= 11 is 0. The maximum Gasteiger partial charge on any atom is 0.317 e. The molecule has 2 heterocycles. The predicted octanol–water partition coefficient (Wildman–Crippen LogP) is 2.80. The monoisotopic (exact) mass is 372 g/mol. The van der Waals surface area contributed by atoms with Gasteiger partial charge >= 0.3 is 6.03 Å². The van der Waals surface area contributed by atoms with Crippen molar-refractivity contribution < 1.29 is 14.3 Å². The summed E-state index contributed by atoms with van der Waals surface area (Å²) in [4.78, 5) is 14.5. The van der Waals surface area contributed by atoms with Gasteiger partial charge in [-0.1, -0.05) is 0 Å². The Balaban J connectivity index is 1.68. The van der Waals surface area contributed by atoms with Crippen LogP contribution in [0.4, 0.5) is 4.79 Å². The number of aromatic nitrogens is 2. The molecule has 1 aromatic carbocycles. The van der Waals surface area contributed by atoms with Gasteiger partial charge in [-0.3, -0.25) is 4.68 Å². The van der Waals surface area contributed by atoms with Crippen LogP contribution in [0.25, 0.3) is 0 Å². The lowest BCUT2D eigenvalue weighted by Gasteiger charge is -2.29. The number of hydrogen-bond donors (Lipinski definition) is 1. The topological polar surface area (TPSA) is 68.6 Å². The van der Waals surface area contributed by atoms with Crippen LogP contribution in [0.15, 0.2) is 12.1 Å². The second-order valence-electron chi connectivity index (χ2n) is 6.77. The molecule has 0 atom stereocenters. The molecule has 1 N–H and O–H groups in total. The van der Waals surface area contributed by atoms with Gasteiger partial charge in [0.25, 0.3) is 0 Å². The minimum absolute atomic E-state index is 0.0570. The normalized spacial score (nSPS) is 13.3. The van der Waals surface area contributed by atoms with E-state index in [0.29, 0.717) is 25.4 Å². The number of rotatable bonds is 5. The van der Waals surface area contributed by atoms with Crippen LogP contribution in [0, 0.1) is 13.8 Å². The predicted molar refractivity (Wildman–Crippen MR) is 103 cm³/mol. The third-order valence-electron chi connectivity index (χ3n) is 5.25. The van der Waals surface area contributed by atoms with Crippen molar-refractivity contribution in [1.82, 2.24) is 20.0 Å². The van der Waals surface area contributed by atoms with Crippen molar-refractivity contribution in [3.8, 4) is 11.5 Å². The molecule has 2 amide bonds. The smallest absolute Gasteiger partial charge is 0.317 e. The molecule has 0 aliphatic carbocycles. The van der Waals surface area contributed by atoms with Gasteiger partial charge in [0.15, 0.2) is 11.5 Å². The zero-order chi connectivity index (χ0) is 19.6. The Labute approximate surface area is 160 Å². The Kier molecular flexibility index (Phi) is 5.58. The molecule has 1 aromatic heterocycles. The summed E-state index contributed by atoms with van der Waals surface area (Å²) in [5.41, 5.74) is 5.47. The number of hydrogen-bond acceptors (Lipinski definition) is 4. The van der Waals surface area contributed by atoms with E-state index in [-0.39, 0.29) is 6.03 Å². The van der Waals surface area contributed by atoms with Gasteiger partial charge in [-0.15, -0.1) is 0 Å². The molecule has 7 nitrogen and oxygen atoms in total. The first-order valence-electron chi connectivity index (χ1n) is 9.27. The van der Waals surface area contributed by atoms with Gasteiger partial charge in [0.2, 0.25) is 0 Å². The highest BCUT2D eigenvalue weighted by molar-refractivity contribution is 5.74. The third-order valence-corrected chi connectivity index (χ3v) is 5.25. The maximum atomic E-state index is 12.7. The molecule has 1 aliphatic heterocycles. The number of carbonyl (C=O) groups excluding carboxylic acids is 1. The van der Waals surface area contributed by atoms with E-state index in [1.165, 1.54) is 5.56 Å². The molecular weight excluding hydrogens is 344 g/mol. The molecule has 0 spiro atoms. The standard InChI is InChI=1S/C20H28N4O3/c1-6-24-14(3)17(13(2)22-24)11-21-20(25)23-8-7-15-9-18(26-4)19(27-5)10-16(15)12-23/h9-10H,6-8,11-12H2,1-5H3,(H,21,25). The fraction of sp³-hybridized carbons (Fsp3) is 0.500. The number of aryl methyl sites for hydroxylation is 2. The van der Waals surface area contributed by atoms with Crippen LogP contribution < -0.4 is 14.8 Å².